The minimum atomic E-state index is -0.298. The summed E-state index contributed by atoms with van der Waals surface area (Å²) in [5.41, 5.74) is 15.3. The molecule has 2 amide bonds. The molecule has 1 aliphatic carbocycles. The first-order valence-corrected chi connectivity index (χ1v) is 14.1. The first-order valence-electron chi connectivity index (χ1n) is 11.7. The zero-order valence-corrected chi connectivity index (χ0v) is 24.9. The molecule has 0 spiro atoms. The highest BCUT2D eigenvalue weighted by Gasteiger charge is 2.41. The zero-order chi connectivity index (χ0) is 27.1. The summed E-state index contributed by atoms with van der Waals surface area (Å²) in [5, 5.41) is 6.12. The highest BCUT2D eigenvalue weighted by atomic mass is 79.9. The van der Waals surface area contributed by atoms with Crippen molar-refractivity contribution >= 4 is 71.5 Å². The number of fused-ring (bicyclic) bond motifs is 1. The number of aromatic amines is 3. The van der Waals surface area contributed by atoms with Crippen LogP contribution in [0.2, 0.25) is 0 Å². The highest BCUT2D eigenvalue weighted by molar-refractivity contribution is 9.13. The van der Waals surface area contributed by atoms with E-state index in [1.165, 1.54) is 0 Å². The lowest BCUT2D eigenvalue weighted by Crippen LogP contribution is -2.44. The Labute approximate surface area is 242 Å². The number of nitrogens with one attached hydrogen (secondary N) is 5. The van der Waals surface area contributed by atoms with Crippen LogP contribution in [-0.4, -0.2) is 54.4 Å². The van der Waals surface area contributed by atoms with Crippen molar-refractivity contribution < 1.29 is 9.59 Å². The Kier molecular flexibility index (Phi) is 7.42. The molecule has 4 heterocycles. The lowest BCUT2D eigenvalue weighted by Gasteiger charge is -2.37. The van der Waals surface area contributed by atoms with Crippen molar-refractivity contribution in [3.63, 3.8) is 0 Å². The quantitative estimate of drug-likeness (QED) is 0.154. The first-order chi connectivity index (χ1) is 18.1. The lowest BCUT2D eigenvalue weighted by atomic mass is 9.71. The van der Waals surface area contributed by atoms with Crippen molar-refractivity contribution in [2.75, 3.05) is 24.6 Å². The van der Waals surface area contributed by atoms with Crippen molar-refractivity contribution in [1.82, 2.24) is 40.1 Å². The number of nitrogen functional groups attached to an aromatic ring is 2. The highest BCUT2D eigenvalue weighted by Crippen LogP contribution is 2.42. The largest absolute Gasteiger partial charge is 0.369 e. The molecule has 15 heteroatoms. The third-order valence-electron chi connectivity index (χ3n) is 6.84. The molecule has 200 valence electrons. The lowest BCUT2D eigenvalue weighted by molar-refractivity contribution is 0.0904. The maximum absolute atomic E-state index is 13.1. The third kappa shape index (κ3) is 5.14. The van der Waals surface area contributed by atoms with Crippen LogP contribution in [0.4, 0.5) is 11.9 Å². The number of imidazole rings is 2. The Morgan fingerprint density at radius 2 is 1.87 bits per heavy atom. The maximum atomic E-state index is 13.1. The molecule has 0 saturated carbocycles. The van der Waals surface area contributed by atoms with Crippen LogP contribution in [0.3, 0.4) is 0 Å². The Bertz CT molecular complexity index is 1500. The topological polar surface area (TPSA) is 188 Å². The number of carbonyl (C=O) groups excluding carboxylic acids is 2. The summed E-state index contributed by atoms with van der Waals surface area (Å²) >= 11 is 10.3. The van der Waals surface area contributed by atoms with Crippen molar-refractivity contribution in [1.29, 1.82) is 0 Å². The van der Waals surface area contributed by atoms with Crippen molar-refractivity contribution in [2.45, 2.75) is 12.3 Å². The summed E-state index contributed by atoms with van der Waals surface area (Å²) < 4.78 is 4.10. The van der Waals surface area contributed by atoms with Gasteiger partial charge in [-0.2, -0.15) is 0 Å². The average Bonchev–Trinajstić information content (AvgIpc) is 3.65. The summed E-state index contributed by atoms with van der Waals surface area (Å²) in [4.78, 5) is 44.0. The number of hydrogen-bond acceptors (Lipinski definition) is 6. The second kappa shape index (κ2) is 10.6. The van der Waals surface area contributed by atoms with Crippen LogP contribution in [-0.2, 0) is 13.5 Å². The van der Waals surface area contributed by atoms with Crippen LogP contribution >= 0.6 is 47.8 Å². The number of carbonyl (C=O) groups is 2. The Balaban J connectivity index is 1.44. The molecule has 9 N–H and O–H groups in total. The van der Waals surface area contributed by atoms with Gasteiger partial charge in [0.05, 0.1) is 21.0 Å². The van der Waals surface area contributed by atoms with Crippen LogP contribution in [0.1, 0.15) is 44.0 Å². The molecule has 0 fully saturated rings. The van der Waals surface area contributed by atoms with Crippen molar-refractivity contribution in [2.24, 2.45) is 18.9 Å². The molecule has 0 bridgehead atoms. The van der Waals surface area contributed by atoms with Crippen LogP contribution in [0.15, 0.2) is 38.1 Å². The molecule has 0 aliphatic heterocycles. The van der Waals surface area contributed by atoms with Gasteiger partial charge < -0.3 is 41.6 Å². The average molecular weight is 713 g/mol. The van der Waals surface area contributed by atoms with Gasteiger partial charge in [0.15, 0.2) is 11.9 Å². The second-order valence-corrected chi connectivity index (χ2v) is 11.7. The monoisotopic (exact) mass is 710 g/mol. The number of aromatic nitrogens is 6. The third-order valence-corrected chi connectivity index (χ3v) is 9.39. The predicted octanol–water partition coefficient (Wildman–Crippen LogP) is 3.03. The van der Waals surface area contributed by atoms with Gasteiger partial charge in [-0.3, -0.25) is 9.59 Å². The summed E-state index contributed by atoms with van der Waals surface area (Å²) in [6, 6.07) is 3.47. The number of halogens is 3. The number of nitrogens with two attached hydrogens (primary N) is 2. The summed E-state index contributed by atoms with van der Waals surface area (Å²) in [6.07, 6.45) is 3.95. The van der Waals surface area contributed by atoms with E-state index in [-0.39, 0.29) is 35.5 Å². The van der Waals surface area contributed by atoms with Crippen LogP contribution in [0.25, 0.3) is 0 Å². The standard InChI is InChI=1S/C23H25Br3N10O2/c1-36-16(4-12(25)19(36)26)21(38)30-5-9-2-13-18(35-23(28)33-13)17(15-8-32-22(27)34-15)11(9)7-31-20(37)14-3-10(24)6-29-14/h3-4,6,8-9,11,17,29H,2,5,7H2,1H3,(H,30,38)(H,31,37)(H3,27,32,34)(H3,28,33,35)/t9-,11-,17-/m1/s1. The number of amides is 2. The van der Waals surface area contributed by atoms with Crippen LogP contribution in [0, 0.1) is 11.8 Å². The SMILES string of the molecule is Cn1c(C(=O)NC[C@H]2Cc3[nH]c(N)nc3[C@@H](c3cnc(N)[nH]3)[C@@H]2CNC(=O)c2cc(Br)c[nH]2)cc(Br)c1Br. The van der Waals surface area contributed by atoms with E-state index in [9.17, 15) is 9.59 Å². The van der Waals surface area contributed by atoms with Gasteiger partial charge in [0.2, 0.25) is 0 Å². The molecule has 0 saturated heterocycles. The molecular weight excluding hydrogens is 688 g/mol. The van der Waals surface area contributed by atoms with E-state index in [1.54, 1.807) is 36.1 Å². The maximum Gasteiger partial charge on any atom is 0.267 e. The van der Waals surface area contributed by atoms with Crippen molar-refractivity contribution in [3.05, 3.63) is 66.5 Å². The first kappa shape index (κ1) is 26.6. The van der Waals surface area contributed by atoms with Gasteiger partial charge in [-0.05, 0) is 78.2 Å². The van der Waals surface area contributed by atoms with Crippen LogP contribution in [0.5, 0.6) is 0 Å². The second-order valence-electron chi connectivity index (χ2n) is 9.19. The molecule has 38 heavy (non-hydrogen) atoms. The molecule has 4 aromatic heterocycles. The Morgan fingerprint density at radius 3 is 2.50 bits per heavy atom. The fraction of sp³-hybridized carbons (Fsp3) is 0.304. The van der Waals surface area contributed by atoms with E-state index in [1.807, 2.05) is 0 Å². The molecule has 0 unspecified atom stereocenters. The Morgan fingerprint density at radius 1 is 1.11 bits per heavy atom. The Hall–Kier alpha value is -3.04. The van der Waals surface area contributed by atoms with E-state index in [0.29, 0.717) is 36.8 Å². The van der Waals surface area contributed by atoms with Crippen molar-refractivity contribution in [3.8, 4) is 0 Å². The molecule has 4 aromatic rings. The summed E-state index contributed by atoms with van der Waals surface area (Å²) in [6.45, 7) is 0.666. The number of rotatable bonds is 7. The van der Waals surface area contributed by atoms with E-state index in [4.69, 9.17) is 11.5 Å². The molecule has 12 nitrogen and oxygen atoms in total. The van der Waals surface area contributed by atoms with Gasteiger partial charge in [-0.25, -0.2) is 9.97 Å². The molecule has 0 radical (unpaired) electrons. The normalized spacial score (nSPS) is 18.8. The van der Waals surface area contributed by atoms with E-state index < -0.39 is 0 Å². The number of H-pyrrole nitrogens is 3. The van der Waals surface area contributed by atoms with Gasteiger partial charge >= 0.3 is 0 Å². The zero-order valence-electron chi connectivity index (χ0n) is 20.1. The fourth-order valence-corrected chi connectivity index (χ4v) is 6.15. The fourth-order valence-electron chi connectivity index (χ4n) is 5.02. The van der Waals surface area contributed by atoms with E-state index >= 15 is 0 Å². The van der Waals surface area contributed by atoms with Gasteiger partial charge in [-0.1, -0.05) is 0 Å². The number of hydrogen-bond donors (Lipinski definition) is 7. The smallest absolute Gasteiger partial charge is 0.267 e. The van der Waals surface area contributed by atoms with Gasteiger partial charge in [0.25, 0.3) is 11.8 Å². The summed E-state index contributed by atoms with van der Waals surface area (Å²) in [5.74, 6) is -0.423. The number of nitrogens with zero attached hydrogens (tertiary/aromatic N) is 3. The predicted molar refractivity (Wildman–Crippen MR) is 152 cm³/mol. The summed E-state index contributed by atoms with van der Waals surface area (Å²) in [7, 11) is 1.81. The van der Waals surface area contributed by atoms with Gasteiger partial charge in [0.1, 0.15) is 11.4 Å². The molecule has 5 rings (SSSR count). The number of anilines is 2. The van der Waals surface area contributed by atoms with Crippen LogP contribution < -0.4 is 22.1 Å². The van der Waals surface area contributed by atoms with Gasteiger partial charge in [-0.15, -0.1) is 0 Å². The van der Waals surface area contributed by atoms with E-state index in [2.05, 4.69) is 83.3 Å². The molecule has 0 aromatic carbocycles. The minimum absolute atomic E-state index is 0.0800. The molecule has 3 atom stereocenters. The van der Waals surface area contributed by atoms with Gasteiger partial charge in [0, 0.05) is 48.1 Å². The minimum Gasteiger partial charge on any atom is -0.369 e. The van der Waals surface area contributed by atoms with E-state index in [0.717, 1.165) is 30.6 Å². The molecular formula is C23H25Br3N10O2. The molecule has 1 aliphatic rings.